The van der Waals surface area contributed by atoms with Gasteiger partial charge in [0.25, 0.3) is 0 Å². The summed E-state index contributed by atoms with van der Waals surface area (Å²) in [4.78, 5) is 16.8. The zero-order chi connectivity index (χ0) is 15.7. The third-order valence-electron chi connectivity index (χ3n) is 5.33. The van der Waals surface area contributed by atoms with Crippen LogP contribution in [0.1, 0.15) is 58.3 Å². The SMILES string of the molecule is C=C[C@H]1C(CCCCCCC)[N+](C)(OC)CC[C@H]1CC=O. The molecule has 0 bridgehead atoms. The van der Waals surface area contributed by atoms with Crippen LogP contribution in [-0.4, -0.2) is 37.7 Å². The maximum absolute atomic E-state index is 10.9. The van der Waals surface area contributed by atoms with Crippen molar-refractivity contribution >= 4 is 6.29 Å². The first kappa shape index (κ1) is 18.4. The number of aldehydes is 1. The molecule has 1 aliphatic heterocycles. The third kappa shape index (κ3) is 4.93. The summed E-state index contributed by atoms with van der Waals surface area (Å²) in [6.45, 7) is 7.29. The number of nitrogens with zero attached hydrogens (tertiary/aromatic N) is 1. The first-order chi connectivity index (χ1) is 10.1. The molecule has 2 unspecified atom stereocenters. The molecule has 0 saturated carbocycles. The van der Waals surface area contributed by atoms with Crippen molar-refractivity contribution in [3.05, 3.63) is 12.7 Å². The van der Waals surface area contributed by atoms with Crippen molar-refractivity contribution in [2.45, 2.75) is 64.3 Å². The molecule has 3 heteroatoms. The minimum Gasteiger partial charge on any atom is -0.303 e. The summed E-state index contributed by atoms with van der Waals surface area (Å²) in [6.07, 6.45) is 12.5. The van der Waals surface area contributed by atoms with E-state index >= 15 is 0 Å². The average Bonchev–Trinajstić information content (AvgIpc) is 2.50. The van der Waals surface area contributed by atoms with E-state index in [4.69, 9.17) is 4.84 Å². The Hall–Kier alpha value is -0.670. The number of hydrogen-bond acceptors (Lipinski definition) is 2. The zero-order valence-electron chi connectivity index (χ0n) is 14.2. The molecule has 0 aliphatic carbocycles. The number of likely N-dealkylation sites (tertiary alicyclic amines) is 1. The van der Waals surface area contributed by atoms with Gasteiger partial charge in [-0.2, -0.15) is 4.65 Å². The van der Waals surface area contributed by atoms with Crippen LogP contribution in [0.4, 0.5) is 0 Å². The highest BCUT2D eigenvalue weighted by Crippen LogP contribution is 2.38. The van der Waals surface area contributed by atoms with Gasteiger partial charge >= 0.3 is 0 Å². The number of unbranched alkanes of at least 4 members (excludes halogenated alkanes) is 4. The van der Waals surface area contributed by atoms with Gasteiger partial charge in [-0.05, 0) is 12.3 Å². The Bertz CT molecular complexity index is 318. The van der Waals surface area contributed by atoms with E-state index in [1.54, 1.807) is 0 Å². The van der Waals surface area contributed by atoms with Gasteiger partial charge in [0.05, 0.1) is 14.2 Å². The Balaban J connectivity index is 2.68. The van der Waals surface area contributed by atoms with Gasteiger partial charge in [-0.3, -0.25) is 0 Å². The number of carbonyl (C=O) groups is 1. The quantitative estimate of drug-likeness (QED) is 0.262. The molecule has 0 N–H and O–H groups in total. The van der Waals surface area contributed by atoms with Gasteiger partial charge in [0.15, 0.2) is 0 Å². The monoisotopic (exact) mass is 296 g/mol. The topological polar surface area (TPSA) is 26.3 Å². The van der Waals surface area contributed by atoms with E-state index in [1.165, 1.54) is 38.5 Å². The Labute approximate surface area is 130 Å². The maximum atomic E-state index is 10.9. The molecule has 3 nitrogen and oxygen atoms in total. The molecule has 0 radical (unpaired) electrons. The van der Waals surface area contributed by atoms with Gasteiger partial charge in [-0.1, -0.05) is 38.7 Å². The molecular formula is C18H34NO2+. The van der Waals surface area contributed by atoms with Crippen molar-refractivity contribution in [1.82, 2.24) is 0 Å². The molecule has 1 fully saturated rings. The highest BCUT2D eigenvalue weighted by Gasteiger charge is 2.46. The second-order valence-corrected chi connectivity index (χ2v) is 6.61. The number of rotatable bonds is 10. The van der Waals surface area contributed by atoms with E-state index in [1.807, 2.05) is 7.11 Å². The van der Waals surface area contributed by atoms with Gasteiger partial charge in [0.2, 0.25) is 0 Å². The lowest BCUT2D eigenvalue weighted by Crippen LogP contribution is -2.59. The predicted molar refractivity (Wildman–Crippen MR) is 87.7 cm³/mol. The van der Waals surface area contributed by atoms with Crippen LogP contribution in [0.3, 0.4) is 0 Å². The van der Waals surface area contributed by atoms with E-state index in [0.717, 1.165) is 19.3 Å². The number of hydrogen-bond donors (Lipinski definition) is 0. The molecule has 1 heterocycles. The zero-order valence-corrected chi connectivity index (χ0v) is 14.2. The van der Waals surface area contributed by atoms with E-state index in [9.17, 15) is 4.79 Å². The number of piperidine rings is 1. The van der Waals surface area contributed by atoms with E-state index in [0.29, 0.717) is 28.9 Å². The standard InChI is InChI=1S/C18H34NO2/c1-5-7-8-9-10-11-18-17(6-2)16(13-15-20)12-14-19(18,3)21-4/h6,15-18H,2,5,7-14H2,1,3-4H3/q+1/t16-,17+,18?,19?/m0/s1. The van der Waals surface area contributed by atoms with Gasteiger partial charge in [-0.15, -0.1) is 6.58 Å². The number of hydroxylamine groups is 3. The molecule has 1 rings (SSSR count). The number of quaternary nitrogens is 1. The van der Waals surface area contributed by atoms with Crippen molar-refractivity contribution in [2.24, 2.45) is 11.8 Å². The highest BCUT2D eigenvalue weighted by atomic mass is 16.7. The van der Waals surface area contributed by atoms with Gasteiger partial charge in [0, 0.05) is 25.2 Å². The first-order valence-corrected chi connectivity index (χ1v) is 8.60. The lowest BCUT2D eigenvalue weighted by atomic mass is 9.76. The van der Waals surface area contributed by atoms with E-state index in [-0.39, 0.29) is 0 Å². The van der Waals surface area contributed by atoms with Gasteiger partial charge < -0.3 is 4.79 Å². The van der Waals surface area contributed by atoms with Crippen LogP contribution in [0.5, 0.6) is 0 Å². The van der Waals surface area contributed by atoms with Crippen molar-refractivity contribution in [3.8, 4) is 0 Å². The van der Waals surface area contributed by atoms with Crippen LogP contribution in [0.15, 0.2) is 12.7 Å². The molecule has 0 aromatic rings. The van der Waals surface area contributed by atoms with Crippen LogP contribution >= 0.6 is 0 Å². The Morgan fingerprint density at radius 3 is 2.57 bits per heavy atom. The van der Waals surface area contributed by atoms with Crippen LogP contribution in [0.25, 0.3) is 0 Å². The smallest absolute Gasteiger partial charge is 0.125 e. The maximum Gasteiger partial charge on any atom is 0.125 e. The summed E-state index contributed by atoms with van der Waals surface area (Å²) in [7, 11) is 3.99. The summed E-state index contributed by atoms with van der Waals surface area (Å²) in [5.41, 5.74) is 0. The van der Waals surface area contributed by atoms with Crippen LogP contribution < -0.4 is 0 Å². The molecule has 0 amide bonds. The number of carbonyl (C=O) groups excluding carboxylic acids is 1. The van der Waals surface area contributed by atoms with Crippen molar-refractivity contribution < 1.29 is 14.3 Å². The molecule has 122 valence electrons. The van der Waals surface area contributed by atoms with Crippen LogP contribution in [0, 0.1) is 11.8 Å². The molecule has 0 aromatic heterocycles. The summed E-state index contributed by atoms with van der Waals surface area (Å²) < 4.78 is 0.666. The average molecular weight is 296 g/mol. The summed E-state index contributed by atoms with van der Waals surface area (Å²) in [6, 6.07) is 0.438. The van der Waals surface area contributed by atoms with Crippen LogP contribution in [0.2, 0.25) is 0 Å². The summed E-state index contributed by atoms with van der Waals surface area (Å²) in [5.74, 6) is 0.835. The lowest BCUT2D eigenvalue weighted by Gasteiger charge is -2.47. The third-order valence-corrected chi connectivity index (χ3v) is 5.33. The van der Waals surface area contributed by atoms with Crippen molar-refractivity contribution in [3.63, 3.8) is 0 Å². The predicted octanol–water partition coefficient (Wildman–Crippen LogP) is 4.13. The molecule has 0 spiro atoms. The van der Waals surface area contributed by atoms with Gasteiger partial charge in [-0.25, -0.2) is 4.84 Å². The molecular weight excluding hydrogens is 262 g/mol. The second-order valence-electron chi connectivity index (χ2n) is 6.61. The fourth-order valence-electron chi connectivity index (χ4n) is 3.86. The normalized spacial score (nSPS) is 32.8. The molecule has 1 aliphatic rings. The Morgan fingerprint density at radius 1 is 1.29 bits per heavy atom. The molecule has 0 aromatic carbocycles. The fourth-order valence-corrected chi connectivity index (χ4v) is 3.86. The Morgan fingerprint density at radius 2 is 2.00 bits per heavy atom. The lowest BCUT2D eigenvalue weighted by molar-refractivity contribution is -1.11. The summed E-state index contributed by atoms with van der Waals surface area (Å²) in [5, 5.41) is 0. The molecule has 1 saturated heterocycles. The van der Waals surface area contributed by atoms with Crippen LogP contribution in [-0.2, 0) is 9.63 Å². The first-order valence-electron chi connectivity index (χ1n) is 8.60. The van der Waals surface area contributed by atoms with Crippen molar-refractivity contribution in [2.75, 3.05) is 20.7 Å². The van der Waals surface area contributed by atoms with E-state index < -0.39 is 0 Å². The largest absolute Gasteiger partial charge is 0.303 e. The minimum atomic E-state index is 0.389. The van der Waals surface area contributed by atoms with Gasteiger partial charge in [0.1, 0.15) is 18.9 Å². The minimum absolute atomic E-state index is 0.389. The molecule has 4 atom stereocenters. The second kappa shape index (κ2) is 9.37. The highest BCUT2D eigenvalue weighted by molar-refractivity contribution is 5.50. The van der Waals surface area contributed by atoms with E-state index in [2.05, 4.69) is 26.6 Å². The van der Waals surface area contributed by atoms with Crippen molar-refractivity contribution in [1.29, 1.82) is 0 Å². The molecule has 21 heavy (non-hydrogen) atoms. The Kier molecular flexibility index (Phi) is 8.20. The summed E-state index contributed by atoms with van der Waals surface area (Å²) >= 11 is 0. The fraction of sp³-hybridized carbons (Fsp3) is 0.833.